The number of anilines is 1. The standard InChI is InChI=1S/C17H18BrNO2/c1-4-21-15-7-5-6-14(19)16(15)17(20)12-8-11(3)13(18)9-10(12)2/h5-9H,4,19H2,1-3H3. The summed E-state index contributed by atoms with van der Waals surface area (Å²) in [6.07, 6.45) is 0. The third-order valence-electron chi connectivity index (χ3n) is 3.34. The van der Waals surface area contributed by atoms with E-state index in [1.807, 2.05) is 32.9 Å². The molecular formula is C17H18BrNO2. The summed E-state index contributed by atoms with van der Waals surface area (Å²) in [5.74, 6) is 0.423. The summed E-state index contributed by atoms with van der Waals surface area (Å²) in [6.45, 7) is 6.24. The molecule has 21 heavy (non-hydrogen) atoms. The van der Waals surface area contributed by atoms with Gasteiger partial charge in [0, 0.05) is 15.7 Å². The smallest absolute Gasteiger partial charge is 0.199 e. The van der Waals surface area contributed by atoms with Gasteiger partial charge in [-0.05, 0) is 56.2 Å². The SMILES string of the molecule is CCOc1cccc(N)c1C(=O)c1cc(C)c(Br)cc1C. The summed E-state index contributed by atoms with van der Waals surface area (Å²) >= 11 is 3.48. The van der Waals surface area contributed by atoms with Crippen LogP contribution in [0.15, 0.2) is 34.8 Å². The Bertz CT molecular complexity index is 695. The van der Waals surface area contributed by atoms with Crippen molar-refractivity contribution in [3.05, 3.63) is 57.1 Å². The predicted octanol–water partition coefficient (Wildman–Crippen LogP) is 4.28. The molecule has 0 aromatic heterocycles. The van der Waals surface area contributed by atoms with Crippen LogP contribution in [0.25, 0.3) is 0 Å². The van der Waals surface area contributed by atoms with Crippen molar-refractivity contribution in [2.45, 2.75) is 20.8 Å². The molecule has 2 aromatic rings. The summed E-state index contributed by atoms with van der Waals surface area (Å²) in [6, 6.07) is 9.10. The van der Waals surface area contributed by atoms with E-state index in [0.29, 0.717) is 29.2 Å². The molecule has 2 aromatic carbocycles. The molecule has 0 amide bonds. The number of ketones is 1. The maximum Gasteiger partial charge on any atom is 0.199 e. The maximum atomic E-state index is 12.9. The number of nitrogens with two attached hydrogens (primary N) is 1. The second-order valence-electron chi connectivity index (χ2n) is 4.90. The first-order valence-electron chi connectivity index (χ1n) is 6.78. The van der Waals surface area contributed by atoms with Crippen molar-refractivity contribution in [3.8, 4) is 5.75 Å². The molecule has 0 bridgehead atoms. The van der Waals surface area contributed by atoms with Crippen LogP contribution < -0.4 is 10.5 Å². The first-order valence-corrected chi connectivity index (χ1v) is 7.57. The fourth-order valence-electron chi connectivity index (χ4n) is 2.23. The van der Waals surface area contributed by atoms with Crippen LogP contribution in [0.5, 0.6) is 5.75 Å². The summed E-state index contributed by atoms with van der Waals surface area (Å²) in [5, 5.41) is 0. The lowest BCUT2D eigenvalue weighted by Crippen LogP contribution is -2.10. The molecule has 0 atom stereocenters. The van der Waals surface area contributed by atoms with Crippen molar-refractivity contribution in [2.75, 3.05) is 12.3 Å². The molecule has 0 saturated carbocycles. The highest BCUT2D eigenvalue weighted by Gasteiger charge is 2.20. The summed E-state index contributed by atoms with van der Waals surface area (Å²) < 4.78 is 6.53. The molecule has 110 valence electrons. The topological polar surface area (TPSA) is 52.3 Å². The fourth-order valence-corrected chi connectivity index (χ4v) is 2.68. The van der Waals surface area contributed by atoms with Gasteiger partial charge in [0.15, 0.2) is 5.78 Å². The first-order chi connectivity index (χ1) is 9.95. The molecule has 2 rings (SSSR count). The van der Waals surface area contributed by atoms with Gasteiger partial charge in [-0.2, -0.15) is 0 Å². The van der Waals surface area contributed by atoms with Crippen molar-refractivity contribution in [1.82, 2.24) is 0 Å². The van der Waals surface area contributed by atoms with E-state index in [-0.39, 0.29) is 5.78 Å². The highest BCUT2D eigenvalue weighted by atomic mass is 79.9. The van der Waals surface area contributed by atoms with E-state index in [4.69, 9.17) is 10.5 Å². The lowest BCUT2D eigenvalue weighted by molar-refractivity contribution is 0.103. The van der Waals surface area contributed by atoms with Crippen LogP contribution in [0, 0.1) is 13.8 Å². The number of hydrogen-bond donors (Lipinski definition) is 1. The zero-order valence-electron chi connectivity index (χ0n) is 12.4. The van der Waals surface area contributed by atoms with E-state index >= 15 is 0 Å². The molecule has 0 spiro atoms. The van der Waals surface area contributed by atoms with Gasteiger partial charge in [0.25, 0.3) is 0 Å². The largest absolute Gasteiger partial charge is 0.493 e. The minimum absolute atomic E-state index is 0.107. The van der Waals surface area contributed by atoms with Crippen LogP contribution >= 0.6 is 15.9 Å². The van der Waals surface area contributed by atoms with Crippen molar-refractivity contribution in [2.24, 2.45) is 0 Å². The highest BCUT2D eigenvalue weighted by molar-refractivity contribution is 9.10. The average molecular weight is 348 g/mol. The molecular weight excluding hydrogens is 330 g/mol. The van der Waals surface area contributed by atoms with Gasteiger partial charge in [0.05, 0.1) is 12.2 Å². The van der Waals surface area contributed by atoms with Gasteiger partial charge >= 0.3 is 0 Å². The zero-order chi connectivity index (χ0) is 15.6. The molecule has 4 heteroatoms. The van der Waals surface area contributed by atoms with Crippen LogP contribution in [0.4, 0.5) is 5.69 Å². The zero-order valence-corrected chi connectivity index (χ0v) is 14.0. The van der Waals surface area contributed by atoms with Gasteiger partial charge in [-0.3, -0.25) is 4.79 Å². The molecule has 3 nitrogen and oxygen atoms in total. The second-order valence-corrected chi connectivity index (χ2v) is 5.75. The van der Waals surface area contributed by atoms with Crippen LogP contribution in [-0.2, 0) is 0 Å². The highest BCUT2D eigenvalue weighted by Crippen LogP contribution is 2.30. The number of carbonyl (C=O) groups excluding carboxylic acids is 1. The van der Waals surface area contributed by atoms with Gasteiger partial charge in [0.1, 0.15) is 5.75 Å². The van der Waals surface area contributed by atoms with E-state index < -0.39 is 0 Å². The van der Waals surface area contributed by atoms with Crippen LogP contribution in [0.3, 0.4) is 0 Å². The Morgan fingerprint density at radius 1 is 1.24 bits per heavy atom. The molecule has 0 saturated heterocycles. The van der Waals surface area contributed by atoms with Gasteiger partial charge in [-0.25, -0.2) is 0 Å². The van der Waals surface area contributed by atoms with E-state index in [1.165, 1.54) is 0 Å². The molecule has 0 unspecified atom stereocenters. The Labute approximate surface area is 133 Å². The number of aryl methyl sites for hydroxylation is 2. The van der Waals surface area contributed by atoms with Crippen molar-refractivity contribution in [1.29, 1.82) is 0 Å². The van der Waals surface area contributed by atoms with E-state index in [2.05, 4.69) is 15.9 Å². The number of benzene rings is 2. The van der Waals surface area contributed by atoms with Crippen molar-refractivity contribution >= 4 is 27.4 Å². The second kappa shape index (κ2) is 6.31. The summed E-state index contributed by atoms with van der Waals surface area (Å²) in [4.78, 5) is 12.9. The van der Waals surface area contributed by atoms with E-state index in [0.717, 1.165) is 15.6 Å². The molecule has 2 N–H and O–H groups in total. The monoisotopic (exact) mass is 347 g/mol. The minimum atomic E-state index is -0.107. The van der Waals surface area contributed by atoms with E-state index in [9.17, 15) is 4.79 Å². The summed E-state index contributed by atoms with van der Waals surface area (Å²) in [5.41, 5.74) is 9.43. The van der Waals surface area contributed by atoms with Gasteiger partial charge in [-0.15, -0.1) is 0 Å². The quantitative estimate of drug-likeness (QED) is 0.663. The Morgan fingerprint density at radius 2 is 1.95 bits per heavy atom. The van der Waals surface area contributed by atoms with Gasteiger partial charge < -0.3 is 10.5 Å². The Kier molecular flexibility index (Phi) is 4.68. The Morgan fingerprint density at radius 3 is 2.62 bits per heavy atom. The number of nitrogen functional groups attached to an aromatic ring is 1. The van der Waals surface area contributed by atoms with Gasteiger partial charge in [-0.1, -0.05) is 22.0 Å². The van der Waals surface area contributed by atoms with Crippen LogP contribution in [-0.4, -0.2) is 12.4 Å². The summed E-state index contributed by atoms with van der Waals surface area (Å²) in [7, 11) is 0. The lowest BCUT2D eigenvalue weighted by Gasteiger charge is -2.14. The third-order valence-corrected chi connectivity index (χ3v) is 4.19. The first kappa shape index (κ1) is 15.6. The third kappa shape index (κ3) is 3.10. The molecule has 0 aliphatic carbocycles. The van der Waals surface area contributed by atoms with Gasteiger partial charge in [0.2, 0.25) is 0 Å². The van der Waals surface area contributed by atoms with Crippen LogP contribution in [0.2, 0.25) is 0 Å². The molecule has 0 fully saturated rings. The fraction of sp³-hybridized carbons (Fsp3) is 0.235. The lowest BCUT2D eigenvalue weighted by atomic mass is 9.95. The molecule has 0 aliphatic rings. The minimum Gasteiger partial charge on any atom is -0.493 e. The van der Waals surface area contributed by atoms with Crippen molar-refractivity contribution in [3.63, 3.8) is 0 Å². The number of hydrogen-bond acceptors (Lipinski definition) is 3. The molecule has 0 heterocycles. The number of ether oxygens (including phenoxy) is 1. The Balaban J connectivity index is 2.57. The average Bonchev–Trinajstić information content (AvgIpc) is 2.43. The van der Waals surface area contributed by atoms with Crippen molar-refractivity contribution < 1.29 is 9.53 Å². The number of carbonyl (C=O) groups is 1. The maximum absolute atomic E-state index is 12.9. The predicted molar refractivity (Wildman–Crippen MR) is 89.1 cm³/mol. The normalized spacial score (nSPS) is 10.5. The number of rotatable bonds is 4. The van der Waals surface area contributed by atoms with Crippen LogP contribution in [0.1, 0.15) is 34.0 Å². The molecule has 0 radical (unpaired) electrons. The number of halogens is 1. The Hall–Kier alpha value is -1.81. The molecule has 0 aliphatic heterocycles. The van der Waals surface area contributed by atoms with E-state index in [1.54, 1.807) is 18.2 Å².